The Bertz CT molecular complexity index is 1450. The minimum absolute atomic E-state index is 0.336. The third kappa shape index (κ3) is 8.78. The van der Waals surface area contributed by atoms with E-state index in [1.54, 1.807) is 0 Å². The first kappa shape index (κ1) is 35.7. The van der Waals surface area contributed by atoms with Crippen molar-refractivity contribution >= 4 is 10.1 Å². The molecule has 46 heavy (non-hydrogen) atoms. The van der Waals surface area contributed by atoms with Crippen LogP contribution in [-0.2, 0) is 27.1 Å². The van der Waals surface area contributed by atoms with Crippen molar-refractivity contribution in [3.63, 3.8) is 0 Å². The minimum atomic E-state index is -5.20. The van der Waals surface area contributed by atoms with Crippen LogP contribution < -0.4 is 21.3 Å². The summed E-state index contributed by atoms with van der Waals surface area (Å²) in [6.07, 6.45) is -3.49. The van der Waals surface area contributed by atoms with Gasteiger partial charge in [0, 0.05) is 39.0 Å². The maximum absolute atomic E-state index is 11.6. The average molecular weight is 661 g/mol. The van der Waals surface area contributed by atoms with Crippen molar-refractivity contribution in [1.29, 1.82) is 0 Å². The Balaban J connectivity index is 0.000000288. The first-order chi connectivity index (χ1) is 21.6. The molecule has 4 N–H and O–H groups in total. The van der Waals surface area contributed by atoms with E-state index in [1.165, 1.54) is 29.3 Å². The largest absolute Gasteiger partial charge is 0.537 e. The van der Waals surface area contributed by atoms with E-state index in [-0.39, 0.29) is 11.3 Å². The molecule has 0 spiro atoms. The van der Waals surface area contributed by atoms with Crippen LogP contribution in [0.5, 0.6) is 0 Å². The smallest absolute Gasteiger partial charge is 0.296 e. The highest BCUT2D eigenvalue weighted by molar-refractivity contribution is 7.86. The molecule has 5 rings (SSSR count). The number of nitrogens with one attached hydrogen (secondary N) is 4. The summed E-state index contributed by atoms with van der Waals surface area (Å²) in [6, 6.07) is 27.3. The van der Waals surface area contributed by atoms with E-state index in [0.29, 0.717) is 0 Å². The molecule has 0 aliphatic carbocycles. The predicted octanol–water partition coefficient (Wildman–Crippen LogP) is 5.17. The fourth-order valence-corrected chi connectivity index (χ4v) is 6.60. The van der Waals surface area contributed by atoms with Crippen LogP contribution in [-0.4, -0.2) is 63.4 Å². The molecule has 13 heteroatoms. The molecule has 0 radical (unpaired) electrons. The van der Waals surface area contributed by atoms with E-state index >= 15 is 0 Å². The molecule has 0 saturated carbocycles. The molecule has 0 unspecified atom stereocenters. The molecule has 2 heterocycles. The second-order valence-corrected chi connectivity index (χ2v) is 14.0. The van der Waals surface area contributed by atoms with Gasteiger partial charge in [-0.05, 0) is 51.0 Å². The van der Waals surface area contributed by atoms with Gasteiger partial charge >= 0.3 is 16.5 Å². The zero-order valence-electron chi connectivity index (χ0n) is 26.6. The molecule has 0 aromatic heterocycles. The summed E-state index contributed by atoms with van der Waals surface area (Å²) in [4.78, 5) is -0.530. The minimum Gasteiger partial charge on any atom is -0.296 e. The highest BCUT2D eigenvalue weighted by Gasteiger charge is 2.51. The molecule has 9 nitrogen and oxygen atoms in total. The molecular formula is C33H43F3N6O3S. The first-order valence-electron chi connectivity index (χ1n) is 15.2. The van der Waals surface area contributed by atoms with E-state index in [2.05, 4.69) is 114 Å². The summed E-state index contributed by atoms with van der Waals surface area (Å²) in [5, 5.41) is 24.9. The van der Waals surface area contributed by atoms with Crippen molar-refractivity contribution in [3.05, 3.63) is 102 Å². The van der Waals surface area contributed by atoms with Gasteiger partial charge in [0.05, 0.1) is 4.90 Å². The van der Waals surface area contributed by atoms with Gasteiger partial charge in [0.2, 0.25) is 0 Å². The van der Waals surface area contributed by atoms with E-state index in [0.717, 1.165) is 51.2 Å². The number of halogens is 3. The van der Waals surface area contributed by atoms with Crippen LogP contribution in [0.2, 0.25) is 0 Å². The highest BCUT2D eigenvalue weighted by Crippen LogP contribution is 2.35. The number of nitrogens with zero attached hydrogens (tertiary/aromatic N) is 2. The molecule has 0 amide bonds. The fourth-order valence-electron chi connectivity index (χ4n) is 5.76. The van der Waals surface area contributed by atoms with Gasteiger partial charge in [-0.3, -0.25) is 21.3 Å². The summed E-state index contributed by atoms with van der Waals surface area (Å²) < 4.78 is 59.7. The topological polar surface area (TPSA) is 116 Å². The zero-order chi connectivity index (χ0) is 33.5. The number of hydrogen-bond donors (Lipinski definition) is 4. The number of hydrogen-bond acceptors (Lipinski definition) is 9. The van der Waals surface area contributed by atoms with Crippen LogP contribution in [0, 0.1) is 0 Å². The van der Waals surface area contributed by atoms with Crippen molar-refractivity contribution in [2.24, 2.45) is 10.2 Å². The number of rotatable bonds is 10. The molecule has 2 aliphatic heterocycles. The van der Waals surface area contributed by atoms with Gasteiger partial charge in [-0.1, -0.05) is 78.9 Å². The Hall–Kier alpha value is -3.20. The molecule has 250 valence electrons. The second-order valence-electron chi connectivity index (χ2n) is 12.5. The molecule has 3 aromatic carbocycles. The molecule has 2 aliphatic rings. The lowest BCUT2D eigenvalue weighted by Gasteiger charge is -2.44. The quantitative estimate of drug-likeness (QED) is 0.175. The summed E-state index contributed by atoms with van der Waals surface area (Å²) in [5.41, 5.74) is 1.02. The Morgan fingerprint density at radius 1 is 0.630 bits per heavy atom. The van der Waals surface area contributed by atoms with Crippen molar-refractivity contribution in [3.8, 4) is 0 Å². The standard InChI is InChI=1S/C26H38N6.C7H5F3O3S/c1-23(2,25(27-15-16-28-25)19-21-11-7-5-8-12-21)31-32-24(3,4)26(29-17-18-30-26)20-22-13-9-6-10-14-22;8-7(9,10)13-14(11,12)6-4-2-1-3-5-6/h5-14,27-30H,15-20H2,1-4H3;1-5H. The van der Waals surface area contributed by atoms with Gasteiger partial charge < -0.3 is 0 Å². The van der Waals surface area contributed by atoms with Crippen LogP contribution in [0.1, 0.15) is 38.8 Å². The second kappa shape index (κ2) is 14.3. The number of alkyl halides is 3. The van der Waals surface area contributed by atoms with E-state index in [1.807, 2.05) is 0 Å². The summed E-state index contributed by atoms with van der Waals surface area (Å²) in [7, 11) is -4.74. The van der Waals surface area contributed by atoms with Crippen LogP contribution in [0.3, 0.4) is 0 Å². The first-order valence-corrected chi connectivity index (χ1v) is 16.6. The van der Waals surface area contributed by atoms with E-state index in [4.69, 9.17) is 10.2 Å². The Morgan fingerprint density at radius 2 is 0.957 bits per heavy atom. The lowest BCUT2D eigenvalue weighted by Crippen LogP contribution is -2.66. The van der Waals surface area contributed by atoms with E-state index < -0.39 is 32.5 Å². The molecular weight excluding hydrogens is 617 g/mol. The molecule has 0 atom stereocenters. The van der Waals surface area contributed by atoms with Crippen LogP contribution in [0.25, 0.3) is 0 Å². The monoisotopic (exact) mass is 660 g/mol. The van der Waals surface area contributed by atoms with Gasteiger partial charge in [-0.25, -0.2) is 0 Å². The normalized spacial score (nSPS) is 18.3. The fraction of sp³-hybridized carbons (Fsp3) is 0.455. The van der Waals surface area contributed by atoms with Crippen LogP contribution in [0.15, 0.2) is 106 Å². The highest BCUT2D eigenvalue weighted by atomic mass is 32.2. The van der Waals surface area contributed by atoms with Gasteiger partial charge in [0.15, 0.2) is 0 Å². The Kier molecular flexibility index (Phi) is 11.1. The lowest BCUT2D eigenvalue weighted by atomic mass is 9.82. The van der Waals surface area contributed by atoms with Gasteiger partial charge in [0.25, 0.3) is 0 Å². The van der Waals surface area contributed by atoms with Crippen LogP contribution in [0.4, 0.5) is 13.2 Å². The molecule has 2 saturated heterocycles. The molecule has 2 fully saturated rings. The van der Waals surface area contributed by atoms with E-state index in [9.17, 15) is 21.6 Å². The van der Waals surface area contributed by atoms with Crippen molar-refractivity contribution < 1.29 is 25.8 Å². The summed E-state index contributed by atoms with van der Waals surface area (Å²) in [6.45, 7) is 12.4. The lowest BCUT2D eigenvalue weighted by molar-refractivity contribution is -0.271. The van der Waals surface area contributed by atoms with Crippen LogP contribution >= 0.6 is 0 Å². The van der Waals surface area contributed by atoms with Crippen molar-refractivity contribution in [2.75, 3.05) is 26.2 Å². The summed E-state index contributed by atoms with van der Waals surface area (Å²) in [5.74, 6) is 0. The SMILES string of the molecule is CC(C)(N=NC(C)(C)C1(Cc2ccccc2)NCCN1)C1(Cc2ccccc2)NCCN1.O=S(=O)(OC(F)(F)F)c1ccccc1. The molecule has 3 aromatic rings. The predicted molar refractivity (Wildman–Crippen MR) is 172 cm³/mol. The number of azo groups is 1. The average Bonchev–Trinajstić information content (AvgIpc) is 3.69. The third-order valence-electron chi connectivity index (χ3n) is 8.46. The van der Waals surface area contributed by atoms with Crippen molar-refractivity contribution in [1.82, 2.24) is 21.3 Å². The Labute approximate surface area is 269 Å². The third-order valence-corrected chi connectivity index (χ3v) is 9.71. The maximum atomic E-state index is 11.6. The van der Waals surface area contributed by atoms with Crippen molar-refractivity contribution in [2.45, 2.75) is 74.2 Å². The Morgan fingerprint density at radius 3 is 1.28 bits per heavy atom. The maximum Gasteiger partial charge on any atom is 0.537 e. The van der Waals surface area contributed by atoms with Gasteiger partial charge in [0.1, 0.15) is 22.4 Å². The zero-order valence-corrected chi connectivity index (χ0v) is 27.4. The number of benzene rings is 3. The summed E-state index contributed by atoms with van der Waals surface area (Å²) >= 11 is 0. The van der Waals surface area contributed by atoms with Gasteiger partial charge in [-0.2, -0.15) is 22.8 Å². The molecule has 0 bridgehead atoms. The van der Waals surface area contributed by atoms with Gasteiger partial charge in [-0.15, -0.1) is 13.2 Å².